The summed E-state index contributed by atoms with van der Waals surface area (Å²) >= 11 is 0. The highest BCUT2D eigenvalue weighted by atomic mass is 32.2. The Balaban J connectivity index is 1.94. The molecule has 0 saturated carbocycles. The van der Waals surface area contributed by atoms with Crippen LogP contribution in [0.5, 0.6) is 5.75 Å². The molecule has 12 heteroatoms. The number of benzene rings is 2. The third-order valence-electron chi connectivity index (χ3n) is 3.55. The number of hydrogen-bond acceptors (Lipinski definition) is 7. The van der Waals surface area contributed by atoms with E-state index >= 15 is 0 Å². The molecule has 0 amide bonds. The standard InChI is InChI=1S/C15H13N5O6S/c1-26-13-6-5-11(8-12(13)20(22)23)27(24,25)19-10-4-2-3-9(7-10)14-16-15(21)18-17-14/h2-8,19H,1H3,(H2,16,17,18,21). The van der Waals surface area contributed by atoms with Crippen molar-refractivity contribution >= 4 is 21.4 Å². The first-order valence-electron chi connectivity index (χ1n) is 7.40. The largest absolute Gasteiger partial charge is 0.490 e. The van der Waals surface area contributed by atoms with E-state index in [9.17, 15) is 23.3 Å². The van der Waals surface area contributed by atoms with Crippen LogP contribution < -0.4 is 15.1 Å². The monoisotopic (exact) mass is 391 g/mol. The molecule has 2 aromatic carbocycles. The molecule has 0 atom stereocenters. The first kappa shape index (κ1) is 18.1. The van der Waals surface area contributed by atoms with Gasteiger partial charge in [0.25, 0.3) is 10.0 Å². The number of nitrogens with zero attached hydrogens (tertiary/aromatic N) is 2. The van der Waals surface area contributed by atoms with Gasteiger partial charge in [0.05, 0.1) is 16.9 Å². The van der Waals surface area contributed by atoms with Crippen LogP contribution in [0, 0.1) is 10.1 Å². The summed E-state index contributed by atoms with van der Waals surface area (Å²) in [6.45, 7) is 0. The summed E-state index contributed by atoms with van der Waals surface area (Å²) < 4.78 is 32.3. The van der Waals surface area contributed by atoms with Crippen molar-refractivity contribution in [1.82, 2.24) is 15.2 Å². The number of ether oxygens (including phenoxy) is 1. The highest BCUT2D eigenvalue weighted by Crippen LogP contribution is 2.30. The third-order valence-corrected chi connectivity index (χ3v) is 4.93. The van der Waals surface area contributed by atoms with Gasteiger partial charge >= 0.3 is 11.4 Å². The molecular weight excluding hydrogens is 378 g/mol. The van der Waals surface area contributed by atoms with Gasteiger partial charge in [0, 0.05) is 17.3 Å². The van der Waals surface area contributed by atoms with Crippen LogP contribution in [0.15, 0.2) is 52.2 Å². The van der Waals surface area contributed by atoms with E-state index in [1.165, 1.54) is 31.4 Å². The Morgan fingerprint density at radius 1 is 1.22 bits per heavy atom. The highest BCUT2D eigenvalue weighted by molar-refractivity contribution is 7.92. The van der Waals surface area contributed by atoms with Crippen LogP contribution in [-0.2, 0) is 10.0 Å². The first-order chi connectivity index (χ1) is 12.8. The van der Waals surface area contributed by atoms with Gasteiger partial charge in [-0.1, -0.05) is 12.1 Å². The fourth-order valence-corrected chi connectivity index (χ4v) is 3.40. The molecule has 27 heavy (non-hydrogen) atoms. The lowest BCUT2D eigenvalue weighted by molar-refractivity contribution is -0.386. The minimum absolute atomic E-state index is 0.0524. The summed E-state index contributed by atoms with van der Waals surface area (Å²) in [7, 11) is -2.85. The zero-order valence-electron chi connectivity index (χ0n) is 13.8. The van der Waals surface area contributed by atoms with Crippen LogP contribution in [0.25, 0.3) is 11.4 Å². The van der Waals surface area contributed by atoms with E-state index in [-0.39, 0.29) is 22.2 Å². The van der Waals surface area contributed by atoms with Crippen molar-refractivity contribution in [2.45, 2.75) is 4.90 Å². The molecule has 0 saturated heterocycles. The summed E-state index contributed by atoms with van der Waals surface area (Å²) in [6.07, 6.45) is 0. The average Bonchev–Trinajstić information content (AvgIpc) is 3.07. The number of nitro benzene ring substituents is 1. The van der Waals surface area contributed by atoms with Crippen molar-refractivity contribution in [1.29, 1.82) is 0 Å². The summed E-state index contributed by atoms with van der Waals surface area (Å²) in [5, 5.41) is 17.1. The van der Waals surface area contributed by atoms with Crippen LogP contribution in [-0.4, -0.2) is 35.6 Å². The van der Waals surface area contributed by atoms with Crippen molar-refractivity contribution in [2.24, 2.45) is 0 Å². The van der Waals surface area contributed by atoms with Gasteiger partial charge in [-0.2, -0.15) is 5.10 Å². The Bertz CT molecular complexity index is 1170. The molecule has 0 aliphatic heterocycles. The summed E-state index contributed by atoms with van der Waals surface area (Å²) in [6, 6.07) is 9.46. The Hall–Kier alpha value is -3.67. The molecule has 0 fully saturated rings. The zero-order chi connectivity index (χ0) is 19.6. The zero-order valence-corrected chi connectivity index (χ0v) is 14.6. The Labute approximate surface area is 152 Å². The molecule has 0 spiro atoms. The average molecular weight is 391 g/mol. The van der Waals surface area contributed by atoms with Crippen LogP contribution in [0.4, 0.5) is 11.4 Å². The van der Waals surface area contributed by atoms with Crippen LogP contribution in [0.3, 0.4) is 0 Å². The summed E-state index contributed by atoms with van der Waals surface area (Å²) in [4.78, 5) is 23.7. The van der Waals surface area contributed by atoms with Crippen LogP contribution >= 0.6 is 0 Å². The number of nitrogens with one attached hydrogen (secondary N) is 3. The van der Waals surface area contributed by atoms with Gasteiger partial charge < -0.3 is 4.74 Å². The van der Waals surface area contributed by atoms with Gasteiger partial charge in [-0.05, 0) is 24.3 Å². The lowest BCUT2D eigenvalue weighted by atomic mass is 10.2. The van der Waals surface area contributed by atoms with E-state index in [4.69, 9.17) is 4.74 Å². The van der Waals surface area contributed by atoms with E-state index in [1.807, 2.05) is 0 Å². The Morgan fingerprint density at radius 2 is 2.00 bits per heavy atom. The molecule has 0 unspecified atom stereocenters. The molecule has 1 heterocycles. The van der Waals surface area contributed by atoms with Gasteiger partial charge in [0.15, 0.2) is 11.6 Å². The molecule has 0 aliphatic carbocycles. The minimum atomic E-state index is -4.10. The van der Waals surface area contributed by atoms with Gasteiger partial charge in [-0.3, -0.25) is 19.8 Å². The molecule has 140 valence electrons. The van der Waals surface area contributed by atoms with Gasteiger partial charge in [-0.25, -0.2) is 18.3 Å². The highest BCUT2D eigenvalue weighted by Gasteiger charge is 2.22. The molecule has 3 rings (SSSR count). The molecule has 0 radical (unpaired) electrons. The molecular formula is C15H13N5O6S. The second kappa shape index (κ2) is 6.92. The number of aromatic amines is 2. The number of methoxy groups -OCH3 is 1. The molecule has 3 aromatic rings. The number of H-pyrrole nitrogens is 2. The van der Waals surface area contributed by atoms with Gasteiger partial charge in [0.2, 0.25) is 0 Å². The van der Waals surface area contributed by atoms with Crippen molar-refractivity contribution in [3.8, 4) is 17.1 Å². The third kappa shape index (κ3) is 3.79. The van der Waals surface area contributed by atoms with Gasteiger partial charge in [0.1, 0.15) is 0 Å². The van der Waals surface area contributed by atoms with E-state index in [0.717, 1.165) is 6.07 Å². The van der Waals surface area contributed by atoms with Crippen molar-refractivity contribution in [2.75, 3.05) is 11.8 Å². The quantitative estimate of drug-likeness (QED) is 0.424. The number of rotatable bonds is 6. The normalized spacial score (nSPS) is 11.1. The topological polar surface area (TPSA) is 160 Å². The van der Waals surface area contributed by atoms with Crippen molar-refractivity contribution < 1.29 is 18.1 Å². The lowest BCUT2D eigenvalue weighted by Gasteiger charge is -2.10. The Morgan fingerprint density at radius 3 is 2.63 bits per heavy atom. The Kier molecular flexibility index (Phi) is 4.64. The first-order valence-corrected chi connectivity index (χ1v) is 8.89. The fourth-order valence-electron chi connectivity index (χ4n) is 2.33. The minimum Gasteiger partial charge on any atom is -0.490 e. The summed E-state index contributed by atoms with van der Waals surface area (Å²) in [5.74, 6) is 0.185. The number of hydrogen-bond donors (Lipinski definition) is 3. The maximum atomic E-state index is 12.6. The van der Waals surface area contributed by atoms with Crippen LogP contribution in [0.2, 0.25) is 0 Å². The number of sulfonamides is 1. The maximum absolute atomic E-state index is 12.6. The fraction of sp³-hybridized carbons (Fsp3) is 0.0667. The molecule has 11 nitrogen and oxygen atoms in total. The smallest absolute Gasteiger partial charge is 0.340 e. The predicted molar refractivity (Wildman–Crippen MR) is 95.1 cm³/mol. The SMILES string of the molecule is COc1ccc(S(=O)(=O)Nc2cccc(-c3n[nH]c(=O)[nH]3)c2)cc1[N+](=O)[O-]. The van der Waals surface area contributed by atoms with Crippen molar-refractivity contribution in [3.63, 3.8) is 0 Å². The molecule has 0 aliphatic rings. The van der Waals surface area contributed by atoms with E-state index in [1.54, 1.807) is 12.1 Å². The molecule has 0 bridgehead atoms. The van der Waals surface area contributed by atoms with E-state index in [2.05, 4.69) is 19.9 Å². The lowest BCUT2D eigenvalue weighted by Crippen LogP contribution is -2.13. The number of anilines is 1. The predicted octanol–water partition coefficient (Wildman–Crippen LogP) is 1.48. The van der Waals surface area contributed by atoms with Gasteiger partial charge in [-0.15, -0.1) is 0 Å². The van der Waals surface area contributed by atoms with Crippen LogP contribution in [0.1, 0.15) is 0 Å². The molecule has 3 N–H and O–H groups in total. The van der Waals surface area contributed by atoms with Crippen molar-refractivity contribution in [3.05, 3.63) is 63.1 Å². The summed E-state index contributed by atoms with van der Waals surface area (Å²) in [5.41, 5.74) is -0.311. The second-order valence-corrected chi connectivity index (χ2v) is 6.99. The maximum Gasteiger partial charge on any atom is 0.340 e. The van der Waals surface area contributed by atoms with E-state index < -0.39 is 26.3 Å². The van der Waals surface area contributed by atoms with E-state index in [0.29, 0.717) is 5.56 Å². The number of aromatic nitrogens is 3. The number of nitro groups is 1. The second-order valence-electron chi connectivity index (χ2n) is 5.30. The molecule has 1 aromatic heterocycles.